The lowest BCUT2D eigenvalue weighted by Gasteiger charge is -2.17. The number of pyridine rings is 1. The Morgan fingerprint density at radius 1 is 1.00 bits per heavy atom. The van der Waals surface area contributed by atoms with Crippen molar-refractivity contribution in [3.05, 3.63) is 65.9 Å². The molecule has 0 aliphatic rings. The molecular formula is C22H24N2O3. The molecule has 2 aromatic carbocycles. The van der Waals surface area contributed by atoms with Crippen LogP contribution >= 0.6 is 0 Å². The number of aryl methyl sites for hydroxylation is 1. The first-order chi connectivity index (χ1) is 13.1. The average molecular weight is 364 g/mol. The molecule has 140 valence electrons. The van der Waals surface area contributed by atoms with Crippen LogP contribution in [-0.2, 0) is 6.42 Å². The SMILES string of the molecule is COc1ccc(CCCN(C)C(=O)c2ccc3ccccc3n2)cc1OC. The van der Waals surface area contributed by atoms with E-state index in [9.17, 15) is 4.79 Å². The molecule has 0 bridgehead atoms. The van der Waals surface area contributed by atoms with Crippen LogP contribution in [0.5, 0.6) is 11.5 Å². The fourth-order valence-electron chi connectivity index (χ4n) is 3.04. The van der Waals surface area contributed by atoms with Gasteiger partial charge in [0.2, 0.25) is 0 Å². The number of para-hydroxylation sites is 1. The third-order valence-electron chi connectivity index (χ3n) is 4.57. The van der Waals surface area contributed by atoms with Gasteiger partial charge < -0.3 is 14.4 Å². The first kappa shape index (κ1) is 18.7. The number of carbonyl (C=O) groups excluding carboxylic acids is 1. The molecule has 0 spiro atoms. The molecule has 3 aromatic rings. The van der Waals surface area contributed by atoms with Crippen molar-refractivity contribution in [2.75, 3.05) is 27.8 Å². The Bertz CT molecular complexity index is 940. The quantitative estimate of drug-likeness (QED) is 0.637. The lowest BCUT2D eigenvalue weighted by Crippen LogP contribution is -2.28. The largest absolute Gasteiger partial charge is 0.493 e. The second-order valence-corrected chi connectivity index (χ2v) is 6.41. The number of carbonyl (C=O) groups is 1. The van der Waals surface area contributed by atoms with Crippen LogP contribution in [-0.4, -0.2) is 43.6 Å². The van der Waals surface area contributed by atoms with Gasteiger partial charge in [0.1, 0.15) is 5.69 Å². The van der Waals surface area contributed by atoms with E-state index in [2.05, 4.69) is 4.98 Å². The first-order valence-corrected chi connectivity index (χ1v) is 8.94. The second-order valence-electron chi connectivity index (χ2n) is 6.41. The molecule has 0 atom stereocenters. The molecule has 0 radical (unpaired) electrons. The summed E-state index contributed by atoms with van der Waals surface area (Å²) in [5, 5.41) is 1.03. The van der Waals surface area contributed by atoms with Crippen molar-refractivity contribution < 1.29 is 14.3 Å². The fourth-order valence-corrected chi connectivity index (χ4v) is 3.04. The summed E-state index contributed by atoms with van der Waals surface area (Å²) >= 11 is 0. The van der Waals surface area contributed by atoms with Gasteiger partial charge in [-0.05, 0) is 42.7 Å². The van der Waals surface area contributed by atoms with Crippen molar-refractivity contribution >= 4 is 16.8 Å². The van der Waals surface area contributed by atoms with Crippen LogP contribution in [0.3, 0.4) is 0 Å². The standard InChI is InChI=1S/C22H24N2O3/c1-24(14-6-7-16-10-13-20(26-2)21(15-16)27-3)22(25)19-12-11-17-8-4-5-9-18(17)23-19/h4-5,8-13,15H,6-7,14H2,1-3H3. The zero-order chi connectivity index (χ0) is 19.2. The van der Waals surface area contributed by atoms with Gasteiger partial charge in [0.25, 0.3) is 5.91 Å². The predicted molar refractivity (Wildman–Crippen MR) is 107 cm³/mol. The fraction of sp³-hybridized carbons (Fsp3) is 0.273. The maximum Gasteiger partial charge on any atom is 0.272 e. The minimum Gasteiger partial charge on any atom is -0.493 e. The molecule has 5 heteroatoms. The Morgan fingerprint density at radius 3 is 2.56 bits per heavy atom. The number of benzene rings is 2. The maximum atomic E-state index is 12.6. The normalized spacial score (nSPS) is 10.6. The number of hydrogen-bond acceptors (Lipinski definition) is 4. The van der Waals surface area contributed by atoms with Crippen molar-refractivity contribution in [3.8, 4) is 11.5 Å². The maximum absolute atomic E-state index is 12.6. The molecule has 0 unspecified atom stereocenters. The van der Waals surface area contributed by atoms with E-state index in [-0.39, 0.29) is 5.91 Å². The highest BCUT2D eigenvalue weighted by Gasteiger charge is 2.13. The molecule has 0 aliphatic carbocycles. The van der Waals surface area contributed by atoms with Crippen molar-refractivity contribution in [2.24, 2.45) is 0 Å². The first-order valence-electron chi connectivity index (χ1n) is 8.94. The lowest BCUT2D eigenvalue weighted by atomic mass is 10.1. The molecule has 1 amide bonds. The molecule has 0 aliphatic heterocycles. The zero-order valence-corrected chi connectivity index (χ0v) is 15.9. The number of rotatable bonds is 7. The van der Waals surface area contributed by atoms with Crippen LogP contribution in [0, 0.1) is 0 Å². The highest BCUT2D eigenvalue weighted by atomic mass is 16.5. The third kappa shape index (κ3) is 4.37. The van der Waals surface area contributed by atoms with E-state index >= 15 is 0 Å². The van der Waals surface area contributed by atoms with Gasteiger partial charge in [-0.15, -0.1) is 0 Å². The summed E-state index contributed by atoms with van der Waals surface area (Å²) in [6, 6.07) is 17.4. The summed E-state index contributed by atoms with van der Waals surface area (Å²) in [6.45, 7) is 0.654. The second kappa shape index (κ2) is 8.54. The van der Waals surface area contributed by atoms with Crippen LogP contribution in [0.25, 0.3) is 10.9 Å². The Kier molecular flexibility index (Phi) is 5.91. The Labute approximate surface area is 159 Å². The average Bonchev–Trinajstić information content (AvgIpc) is 2.72. The Balaban J connectivity index is 1.59. The predicted octanol–water partition coefficient (Wildman–Crippen LogP) is 3.96. The molecule has 0 saturated heterocycles. The van der Waals surface area contributed by atoms with Gasteiger partial charge in [-0.25, -0.2) is 4.98 Å². The molecule has 0 saturated carbocycles. The molecule has 1 aromatic heterocycles. The van der Waals surface area contributed by atoms with Crippen LogP contribution in [0.4, 0.5) is 0 Å². The van der Waals surface area contributed by atoms with Crippen LogP contribution in [0.2, 0.25) is 0 Å². The monoisotopic (exact) mass is 364 g/mol. The van der Waals surface area contributed by atoms with Gasteiger partial charge in [-0.2, -0.15) is 0 Å². The van der Waals surface area contributed by atoms with Crippen molar-refractivity contribution in [1.82, 2.24) is 9.88 Å². The summed E-state index contributed by atoms with van der Waals surface area (Å²) in [7, 11) is 5.07. The van der Waals surface area contributed by atoms with Gasteiger partial charge in [-0.3, -0.25) is 4.79 Å². The van der Waals surface area contributed by atoms with Crippen molar-refractivity contribution in [2.45, 2.75) is 12.8 Å². The molecule has 5 nitrogen and oxygen atoms in total. The molecule has 27 heavy (non-hydrogen) atoms. The van der Waals surface area contributed by atoms with Gasteiger partial charge >= 0.3 is 0 Å². The molecular weight excluding hydrogens is 340 g/mol. The number of amides is 1. The topological polar surface area (TPSA) is 51.7 Å². The number of ether oxygens (including phenoxy) is 2. The van der Waals surface area contributed by atoms with Crippen molar-refractivity contribution in [3.63, 3.8) is 0 Å². The van der Waals surface area contributed by atoms with E-state index in [0.29, 0.717) is 12.2 Å². The summed E-state index contributed by atoms with van der Waals surface area (Å²) in [5.74, 6) is 1.38. The number of methoxy groups -OCH3 is 2. The highest BCUT2D eigenvalue weighted by molar-refractivity contribution is 5.94. The van der Waals surface area contributed by atoms with Crippen LogP contribution in [0.15, 0.2) is 54.6 Å². The third-order valence-corrected chi connectivity index (χ3v) is 4.57. The zero-order valence-electron chi connectivity index (χ0n) is 15.9. The van der Waals surface area contributed by atoms with Gasteiger partial charge in [-0.1, -0.05) is 30.3 Å². The smallest absolute Gasteiger partial charge is 0.272 e. The minimum atomic E-state index is -0.0620. The minimum absolute atomic E-state index is 0.0620. The van der Waals surface area contributed by atoms with E-state index in [4.69, 9.17) is 9.47 Å². The molecule has 1 heterocycles. The van der Waals surface area contributed by atoms with Crippen LogP contribution < -0.4 is 9.47 Å². The number of aromatic nitrogens is 1. The van der Waals surface area contributed by atoms with E-state index in [0.717, 1.165) is 40.8 Å². The summed E-state index contributed by atoms with van der Waals surface area (Å²) in [4.78, 5) is 18.8. The van der Waals surface area contributed by atoms with Crippen molar-refractivity contribution in [1.29, 1.82) is 0 Å². The summed E-state index contributed by atoms with van der Waals surface area (Å²) in [6.07, 6.45) is 1.70. The summed E-state index contributed by atoms with van der Waals surface area (Å²) in [5.41, 5.74) is 2.46. The van der Waals surface area contributed by atoms with Gasteiger partial charge in [0.05, 0.1) is 19.7 Å². The molecule has 0 fully saturated rings. The molecule has 0 N–H and O–H groups in total. The summed E-state index contributed by atoms with van der Waals surface area (Å²) < 4.78 is 10.6. The number of fused-ring (bicyclic) bond motifs is 1. The van der Waals surface area contributed by atoms with Gasteiger partial charge in [0.15, 0.2) is 11.5 Å². The highest BCUT2D eigenvalue weighted by Crippen LogP contribution is 2.28. The van der Waals surface area contributed by atoms with Gasteiger partial charge in [0, 0.05) is 19.0 Å². The Morgan fingerprint density at radius 2 is 1.78 bits per heavy atom. The van der Waals surface area contributed by atoms with E-state index in [1.54, 1.807) is 25.2 Å². The number of hydrogen-bond donors (Lipinski definition) is 0. The molecule has 3 rings (SSSR count). The number of nitrogens with zero attached hydrogens (tertiary/aromatic N) is 2. The Hall–Kier alpha value is -3.08. The van der Waals surface area contributed by atoms with E-state index in [1.165, 1.54) is 0 Å². The van der Waals surface area contributed by atoms with E-state index < -0.39 is 0 Å². The van der Waals surface area contributed by atoms with E-state index in [1.807, 2.05) is 55.6 Å². The lowest BCUT2D eigenvalue weighted by molar-refractivity contribution is 0.0788. The van der Waals surface area contributed by atoms with Crippen LogP contribution in [0.1, 0.15) is 22.5 Å².